The van der Waals surface area contributed by atoms with E-state index in [1.54, 1.807) is 0 Å². The van der Waals surface area contributed by atoms with Gasteiger partial charge in [0.1, 0.15) is 0 Å². The number of aromatic nitrogens is 2. The molecular weight excluding hydrogens is 248 g/mol. The molecule has 20 heavy (non-hydrogen) atoms. The molecule has 0 radical (unpaired) electrons. The minimum Gasteiger partial charge on any atom is -0.393 e. The van der Waals surface area contributed by atoms with Crippen LogP contribution >= 0.6 is 0 Å². The average molecular weight is 270 g/mol. The molecule has 3 nitrogen and oxygen atoms in total. The Bertz CT molecular complexity index is 573. The summed E-state index contributed by atoms with van der Waals surface area (Å²) >= 11 is 0. The third kappa shape index (κ3) is 1.53. The fourth-order valence-electron chi connectivity index (χ4n) is 4.71. The summed E-state index contributed by atoms with van der Waals surface area (Å²) in [5.74, 6) is 0.747. The molecule has 5 atom stereocenters. The van der Waals surface area contributed by atoms with Crippen LogP contribution in [0.25, 0.3) is 0 Å². The van der Waals surface area contributed by atoms with Crippen molar-refractivity contribution >= 4 is 0 Å². The zero-order chi connectivity index (χ0) is 13.7. The molecule has 1 aromatic rings. The van der Waals surface area contributed by atoms with Gasteiger partial charge in [0.2, 0.25) is 0 Å². The summed E-state index contributed by atoms with van der Waals surface area (Å²) in [5.41, 5.74) is 1.38. The molecule has 106 valence electrons. The van der Waals surface area contributed by atoms with Crippen LogP contribution in [0.5, 0.6) is 0 Å². The third-order valence-electron chi connectivity index (χ3n) is 5.68. The number of aliphatic hydroxyl groups is 1. The van der Waals surface area contributed by atoms with Crippen LogP contribution in [0.4, 0.5) is 0 Å². The SMILES string of the molecule is CC12C=CC=CC1c1cncn1[C@@H]2[C@H]1CCCC[C@H]1O. The highest BCUT2D eigenvalue weighted by Gasteiger charge is 2.52. The van der Waals surface area contributed by atoms with Gasteiger partial charge in [0.15, 0.2) is 0 Å². The summed E-state index contributed by atoms with van der Waals surface area (Å²) in [4.78, 5) is 4.36. The van der Waals surface area contributed by atoms with E-state index in [1.807, 2.05) is 12.5 Å². The smallest absolute Gasteiger partial charge is 0.0951 e. The fraction of sp³-hybridized carbons (Fsp3) is 0.588. The van der Waals surface area contributed by atoms with Crippen LogP contribution in [0.1, 0.15) is 50.3 Å². The van der Waals surface area contributed by atoms with Gasteiger partial charge in [-0.15, -0.1) is 0 Å². The zero-order valence-electron chi connectivity index (χ0n) is 11.9. The van der Waals surface area contributed by atoms with Crippen molar-refractivity contribution in [1.82, 2.24) is 9.55 Å². The first kappa shape index (κ1) is 12.4. The van der Waals surface area contributed by atoms with Gasteiger partial charge in [-0.1, -0.05) is 44.1 Å². The van der Waals surface area contributed by atoms with Crippen LogP contribution in [0.15, 0.2) is 36.8 Å². The van der Waals surface area contributed by atoms with E-state index in [2.05, 4.69) is 40.8 Å². The molecule has 2 heterocycles. The lowest BCUT2D eigenvalue weighted by atomic mass is 9.65. The van der Waals surface area contributed by atoms with Gasteiger partial charge in [0, 0.05) is 35.2 Å². The van der Waals surface area contributed by atoms with E-state index in [0.29, 0.717) is 17.9 Å². The van der Waals surface area contributed by atoms with Crippen molar-refractivity contribution in [3.8, 4) is 0 Å². The second-order valence-electron chi connectivity index (χ2n) is 6.77. The average Bonchev–Trinajstić information content (AvgIpc) is 2.98. The predicted molar refractivity (Wildman–Crippen MR) is 78.4 cm³/mol. The predicted octanol–water partition coefficient (Wildman–Crippen LogP) is 3.20. The Morgan fingerprint density at radius 3 is 3.00 bits per heavy atom. The number of hydrogen-bond acceptors (Lipinski definition) is 2. The zero-order valence-corrected chi connectivity index (χ0v) is 11.9. The maximum absolute atomic E-state index is 10.5. The Morgan fingerprint density at radius 2 is 2.15 bits per heavy atom. The van der Waals surface area contributed by atoms with Gasteiger partial charge in [-0.2, -0.15) is 0 Å². The van der Waals surface area contributed by atoms with Crippen LogP contribution < -0.4 is 0 Å². The van der Waals surface area contributed by atoms with Gasteiger partial charge in [0.05, 0.1) is 12.4 Å². The third-order valence-corrected chi connectivity index (χ3v) is 5.68. The highest BCUT2D eigenvalue weighted by Crippen LogP contribution is 2.58. The van der Waals surface area contributed by atoms with Gasteiger partial charge in [-0.3, -0.25) is 0 Å². The highest BCUT2D eigenvalue weighted by molar-refractivity contribution is 5.36. The molecule has 0 bridgehead atoms. The number of fused-ring (bicyclic) bond motifs is 3. The molecule has 0 amide bonds. The molecule has 0 spiro atoms. The summed E-state index contributed by atoms with van der Waals surface area (Å²) in [6.45, 7) is 2.34. The largest absolute Gasteiger partial charge is 0.393 e. The maximum Gasteiger partial charge on any atom is 0.0951 e. The van der Waals surface area contributed by atoms with E-state index in [4.69, 9.17) is 0 Å². The van der Waals surface area contributed by atoms with Crippen LogP contribution in [0, 0.1) is 11.3 Å². The molecule has 2 unspecified atom stereocenters. The summed E-state index contributed by atoms with van der Waals surface area (Å²) in [6.07, 6.45) is 17.2. The van der Waals surface area contributed by atoms with Crippen molar-refractivity contribution in [3.05, 3.63) is 42.5 Å². The normalized spacial score (nSPS) is 42.5. The molecule has 1 aromatic heterocycles. The first-order valence-electron chi connectivity index (χ1n) is 7.77. The van der Waals surface area contributed by atoms with Gasteiger partial charge < -0.3 is 9.67 Å². The summed E-state index contributed by atoms with van der Waals surface area (Å²) < 4.78 is 2.34. The molecule has 1 aliphatic heterocycles. The molecule has 1 saturated carbocycles. The molecule has 3 aliphatic rings. The molecular formula is C17H22N2O. The lowest BCUT2D eigenvalue weighted by Crippen LogP contribution is -2.39. The molecule has 1 fully saturated rings. The number of aliphatic hydroxyl groups excluding tert-OH is 1. The monoisotopic (exact) mass is 270 g/mol. The number of nitrogens with zero attached hydrogens (tertiary/aromatic N) is 2. The van der Waals surface area contributed by atoms with Crippen LogP contribution in [-0.4, -0.2) is 20.8 Å². The van der Waals surface area contributed by atoms with Crippen molar-refractivity contribution in [3.63, 3.8) is 0 Å². The molecule has 4 rings (SSSR count). The van der Waals surface area contributed by atoms with Crippen LogP contribution in [0.2, 0.25) is 0 Å². The Kier molecular flexibility index (Phi) is 2.68. The summed E-state index contributed by atoms with van der Waals surface area (Å²) in [6, 6.07) is 0.335. The molecule has 3 heteroatoms. The molecule has 2 aliphatic carbocycles. The molecule has 0 saturated heterocycles. The van der Waals surface area contributed by atoms with Gasteiger partial charge >= 0.3 is 0 Å². The van der Waals surface area contributed by atoms with Crippen molar-refractivity contribution in [2.24, 2.45) is 11.3 Å². The van der Waals surface area contributed by atoms with Gasteiger partial charge in [-0.05, 0) is 12.8 Å². The second kappa shape index (κ2) is 4.32. The Hall–Kier alpha value is -1.35. The van der Waals surface area contributed by atoms with Crippen molar-refractivity contribution in [1.29, 1.82) is 0 Å². The first-order valence-corrected chi connectivity index (χ1v) is 7.77. The minimum absolute atomic E-state index is 0.0794. The van der Waals surface area contributed by atoms with E-state index in [0.717, 1.165) is 19.3 Å². The lowest BCUT2D eigenvalue weighted by Gasteiger charge is -2.42. The minimum atomic E-state index is -0.168. The quantitative estimate of drug-likeness (QED) is 0.851. The number of rotatable bonds is 1. The number of hydrogen-bond donors (Lipinski definition) is 1. The van der Waals surface area contributed by atoms with Gasteiger partial charge in [0.25, 0.3) is 0 Å². The second-order valence-corrected chi connectivity index (χ2v) is 6.77. The standard InChI is InChI=1S/C17H22N2O/c1-17-9-5-4-7-13(17)14-10-18-11-19(14)16(17)12-6-2-3-8-15(12)20/h4-5,7,9-13,15-16,20H,2-3,6,8H2,1H3/t12-,13?,15+,16+,17?/m0/s1. The molecule has 1 N–H and O–H groups in total. The lowest BCUT2D eigenvalue weighted by molar-refractivity contribution is 0.0168. The Balaban J connectivity index is 1.81. The Morgan fingerprint density at radius 1 is 1.30 bits per heavy atom. The maximum atomic E-state index is 10.5. The van der Waals surface area contributed by atoms with E-state index in [9.17, 15) is 5.11 Å². The van der Waals surface area contributed by atoms with E-state index >= 15 is 0 Å². The van der Waals surface area contributed by atoms with E-state index < -0.39 is 0 Å². The Labute approximate surface area is 120 Å². The van der Waals surface area contributed by atoms with Gasteiger partial charge in [-0.25, -0.2) is 4.98 Å². The van der Waals surface area contributed by atoms with Crippen molar-refractivity contribution in [2.45, 2.75) is 50.7 Å². The number of imidazole rings is 1. The fourth-order valence-corrected chi connectivity index (χ4v) is 4.71. The van der Waals surface area contributed by atoms with Crippen LogP contribution in [-0.2, 0) is 0 Å². The number of allylic oxidation sites excluding steroid dienone is 4. The van der Waals surface area contributed by atoms with Crippen LogP contribution in [0.3, 0.4) is 0 Å². The first-order chi connectivity index (χ1) is 9.72. The van der Waals surface area contributed by atoms with Crippen molar-refractivity contribution in [2.75, 3.05) is 0 Å². The molecule has 0 aromatic carbocycles. The van der Waals surface area contributed by atoms with Crippen molar-refractivity contribution < 1.29 is 5.11 Å². The van der Waals surface area contributed by atoms with E-state index in [-0.39, 0.29) is 11.5 Å². The van der Waals surface area contributed by atoms with E-state index in [1.165, 1.54) is 12.1 Å². The summed E-state index contributed by atoms with van der Waals surface area (Å²) in [5, 5.41) is 10.5. The summed E-state index contributed by atoms with van der Waals surface area (Å²) in [7, 11) is 0. The highest BCUT2D eigenvalue weighted by atomic mass is 16.3. The topological polar surface area (TPSA) is 38.0 Å².